The molecule has 0 aromatic heterocycles. The highest BCUT2D eigenvalue weighted by molar-refractivity contribution is 5.35. The Hall–Kier alpha value is -2.58. The van der Waals surface area contributed by atoms with Gasteiger partial charge in [0.1, 0.15) is 5.75 Å². The molecule has 0 saturated heterocycles. The molecule has 2 nitrogen and oxygen atoms in total. The zero-order valence-electron chi connectivity index (χ0n) is 11.5. The van der Waals surface area contributed by atoms with Crippen molar-refractivity contribution in [3.8, 4) is 5.75 Å². The van der Waals surface area contributed by atoms with Gasteiger partial charge in [-0.2, -0.15) is 0 Å². The van der Waals surface area contributed by atoms with E-state index in [9.17, 15) is 5.11 Å². The third-order valence-corrected chi connectivity index (χ3v) is 3.34. The van der Waals surface area contributed by atoms with Gasteiger partial charge in [0.15, 0.2) is 0 Å². The Bertz CT molecular complexity index is 639. The predicted octanol–water partition coefficient (Wildman–Crippen LogP) is 3.96. The van der Waals surface area contributed by atoms with Crippen LogP contribution in [-0.2, 0) is 5.79 Å². The Morgan fingerprint density at radius 1 is 0.571 bits per heavy atom. The van der Waals surface area contributed by atoms with Gasteiger partial charge >= 0.3 is 0 Å². The second kappa shape index (κ2) is 5.81. The zero-order chi connectivity index (χ0) is 14.5. The monoisotopic (exact) mass is 276 g/mol. The van der Waals surface area contributed by atoms with Gasteiger partial charge in [0, 0.05) is 11.1 Å². The Labute approximate surface area is 124 Å². The normalized spacial score (nSPS) is 11.1. The van der Waals surface area contributed by atoms with E-state index in [0.717, 1.165) is 0 Å². The highest BCUT2D eigenvalue weighted by Gasteiger charge is 2.33. The van der Waals surface area contributed by atoms with Gasteiger partial charge < -0.3 is 9.84 Å². The van der Waals surface area contributed by atoms with Gasteiger partial charge in [0.2, 0.25) is 0 Å². The molecule has 0 heterocycles. The van der Waals surface area contributed by atoms with Crippen molar-refractivity contribution < 1.29 is 9.84 Å². The van der Waals surface area contributed by atoms with Crippen LogP contribution in [-0.4, -0.2) is 5.11 Å². The highest BCUT2D eigenvalue weighted by atomic mass is 16.6. The first-order valence-electron chi connectivity index (χ1n) is 6.86. The summed E-state index contributed by atoms with van der Waals surface area (Å²) in [5.41, 5.74) is 1.39. The maximum absolute atomic E-state index is 11.2. The Balaban J connectivity index is 2.07. The summed E-state index contributed by atoms with van der Waals surface area (Å²) in [5.74, 6) is -0.892. The Kier molecular flexibility index (Phi) is 3.71. The third kappa shape index (κ3) is 2.81. The number of hydrogen-bond acceptors (Lipinski definition) is 2. The van der Waals surface area contributed by atoms with E-state index < -0.39 is 5.79 Å². The van der Waals surface area contributed by atoms with Crippen molar-refractivity contribution in [1.82, 2.24) is 0 Å². The Morgan fingerprint density at radius 2 is 0.952 bits per heavy atom. The van der Waals surface area contributed by atoms with Crippen LogP contribution in [0.25, 0.3) is 0 Å². The van der Waals surface area contributed by atoms with Crippen LogP contribution in [0, 0.1) is 0 Å². The van der Waals surface area contributed by atoms with E-state index in [1.165, 1.54) is 0 Å². The predicted molar refractivity (Wildman–Crippen MR) is 83.0 cm³/mol. The van der Waals surface area contributed by atoms with E-state index in [-0.39, 0.29) is 0 Å². The van der Waals surface area contributed by atoms with Crippen molar-refractivity contribution in [2.75, 3.05) is 0 Å². The van der Waals surface area contributed by atoms with Crippen molar-refractivity contribution in [2.24, 2.45) is 0 Å². The molecule has 3 aromatic rings. The van der Waals surface area contributed by atoms with Crippen LogP contribution >= 0.6 is 0 Å². The number of rotatable bonds is 4. The van der Waals surface area contributed by atoms with E-state index in [4.69, 9.17) is 4.74 Å². The van der Waals surface area contributed by atoms with Gasteiger partial charge in [-0.3, -0.25) is 0 Å². The van der Waals surface area contributed by atoms with Crippen LogP contribution in [0.1, 0.15) is 11.1 Å². The molecule has 0 saturated carbocycles. The molecule has 0 aliphatic rings. The number of ether oxygens (including phenoxy) is 1. The minimum atomic E-state index is -1.51. The van der Waals surface area contributed by atoms with Gasteiger partial charge in [0.25, 0.3) is 5.79 Å². The zero-order valence-corrected chi connectivity index (χ0v) is 11.5. The van der Waals surface area contributed by atoms with E-state index in [2.05, 4.69) is 0 Å². The highest BCUT2D eigenvalue weighted by Crippen LogP contribution is 2.32. The van der Waals surface area contributed by atoms with Gasteiger partial charge in [0.05, 0.1) is 0 Å². The first kappa shape index (κ1) is 13.4. The van der Waals surface area contributed by atoms with E-state index in [1.54, 1.807) is 0 Å². The van der Waals surface area contributed by atoms with E-state index in [0.29, 0.717) is 16.9 Å². The fourth-order valence-corrected chi connectivity index (χ4v) is 2.27. The molecule has 0 spiro atoms. The fraction of sp³-hybridized carbons (Fsp3) is 0.0526. The number of aliphatic hydroxyl groups is 1. The molecule has 0 aliphatic heterocycles. The third-order valence-electron chi connectivity index (χ3n) is 3.34. The summed E-state index contributed by atoms with van der Waals surface area (Å²) in [6, 6.07) is 28.1. The minimum absolute atomic E-state index is 0.618. The summed E-state index contributed by atoms with van der Waals surface area (Å²) in [6.45, 7) is 0. The van der Waals surface area contributed by atoms with Crippen LogP contribution in [0.4, 0.5) is 0 Å². The molecule has 0 radical (unpaired) electrons. The van der Waals surface area contributed by atoms with Gasteiger partial charge in [-0.1, -0.05) is 78.9 Å². The van der Waals surface area contributed by atoms with Gasteiger partial charge in [-0.15, -0.1) is 0 Å². The van der Waals surface area contributed by atoms with Crippen LogP contribution < -0.4 is 4.74 Å². The smallest absolute Gasteiger partial charge is 0.261 e. The van der Waals surface area contributed by atoms with Gasteiger partial charge in [-0.05, 0) is 12.1 Å². The molecule has 0 atom stereocenters. The molecule has 0 bridgehead atoms. The molecule has 1 N–H and O–H groups in total. The lowest BCUT2D eigenvalue weighted by molar-refractivity contribution is -0.108. The minimum Gasteiger partial charge on any atom is -0.454 e. The molecule has 3 rings (SSSR count). The van der Waals surface area contributed by atoms with Crippen molar-refractivity contribution in [1.29, 1.82) is 0 Å². The standard InChI is InChI=1S/C19H16O2/c20-19(16-10-4-1-5-11-16,17-12-6-2-7-13-17)21-18-14-8-3-9-15-18/h1-15,20H. The number of benzene rings is 3. The van der Waals surface area contributed by atoms with E-state index >= 15 is 0 Å². The number of hydrogen-bond donors (Lipinski definition) is 1. The lowest BCUT2D eigenvalue weighted by Crippen LogP contribution is -2.34. The molecule has 0 amide bonds. The largest absolute Gasteiger partial charge is 0.454 e. The molecule has 0 aliphatic carbocycles. The molecule has 3 aromatic carbocycles. The summed E-state index contributed by atoms with van der Waals surface area (Å²) in [7, 11) is 0. The average molecular weight is 276 g/mol. The van der Waals surface area contributed by atoms with E-state index in [1.807, 2.05) is 91.0 Å². The molecular formula is C19H16O2. The first-order valence-corrected chi connectivity index (χ1v) is 6.86. The topological polar surface area (TPSA) is 29.5 Å². The average Bonchev–Trinajstić information content (AvgIpc) is 2.57. The summed E-state index contributed by atoms with van der Waals surface area (Å²) >= 11 is 0. The molecule has 0 unspecified atom stereocenters. The molecule has 21 heavy (non-hydrogen) atoms. The van der Waals surface area contributed by atoms with Crippen LogP contribution in [0.5, 0.6) is 5.75 Å². The van der Waals surface area contributed by atoms with Crippen molar-refractivity contribution in [2.45, 2.75) is 5.79 Å². The molecular weight excluding hydrogens is 260 g/mol. The summed E-state index contributed by atoms with van der Waals surface area (Å²) in [5, 5.41) is 11.2. The number of para-hydroxylation sites is 1. The van der Waals surface area contributed by atoms with Crippen molar-refractivity contribution >= 4 is 0 Å². The summed E-state index contributed by atoms with van der Waals surface area (Å²) in [6.07, 6.45) is 0. The molecule has 0 fully saturated rings. The maximum atomic E-state index is 11.2. The van der Waals surface area contributed by atoms with Crippen molar-refractivity contribution in [3.63, 3.8) is 0 Å². The van der Waals surface area contributed by atoms with Crippen LogP contribution in [0.3, 0.4) is 0 Å². The second-order valence-corrected chi connectivity index (χ2v) is 4.79. The molecule has 2 heteroatoms. The van der Waals surface area contributed by atoms with Crippen molar-refractivity contribution in [3.05, 3.63) is 102 Å². The summed E-state index contributed by atoms with van der Waals surface area (Å²) < 4.78 is 5.93. The molecule has 104 valence electrons. The quantitative estimate of drug-likeness (QED) is 0.731. The van der Waals surface area contributed by atoms with Gasteiger partial charge in [-0.25, -0.2) is 0 Å². The second-order valence-electron chi connectivity index (χ2n) is 4.79. The van der Waals surface area contributed by atoms with Crippen LogP contribution in [0.15, 0.2) is 91.0 Å². The lowest BCUT2D eigenvalue weighted by atomic mass is 9.97. The lowest BCUT2D eigenvalue weighted by Gasteiger charge is -2.30. The first-order chi connectivity index (χ1) is 10.3. The summed E-state index contributed by atoms with van der Waals surface area (Å²) in [4.78, 5) is 0. The fourth-order valence-electron chi connectivity index (χ4n) is 2.27. The maximum Gasteiger partial charge on any atom is 0.261 e. The SMILES string of the molecule is OC(Oc1ccccc1)(c1ccccc1)c1ccccc1. The Morgan fingerprint density at radius 3 is 1.38 bits per heavy atom. The van der Waals surface area contributed by atoms with Crippen LogP contribution in [0.2, 0.25) is 0 Å².